The number of carbonyl (C=O) groups is 2. The van der Waals surface area contributed by atoms with Crippen LogP contribution in [0.5, 0.6) is 0 Å². The van der Waals surface area contributed by atoms with E-state index in [0.717, 1.165) is 36.9 Å². The van der Waals surface area contributed by atoms with Gasteiger partial charge in [-0.2, -0.15) is 0 Å². The van der Waals surface area contributed by atoms with Crippen molar-refractivity contribution in [1.29, 1.82) is 0 Å². The van der Waals surface area contributed by atoms with E-state index in [0.29, 0.717) is 11.4 Å². The normalized spacial score (nSPS) is 25.0. The van der Waals surface area contributed by atoms with Crippen LogP contribution in [-0.4, -0.2) is 23.9 Å². The number of anilines is 1. The van der Waals surface area contributed by atoms with Gasteiger partial charge in [0.05, 0.1) is 17.0 Å². The summed E-state index contributed by atoms with van der Waals surface area (Å²) in [5, 5.41) is 0.300. The lowest BCUT2D eigenvalue weighted by Crippen LogP contribution is -2.42. The molecule has 4 N–H and O–H groups in total. The molecule has 2 aliphatic rings. The van der Waals surface area contributed by atoms with Crippen LogP contribution in [0.15, 0.2) is 12.1 Å². The Morgan fingerprint density at radius 1 is 1.24 bits per heavy atom. The van der Waals surface area contributed by atoms with Crippen molar-refractivity contribution in [2.75, 3.05) is 4.90 Å². The summed E-state index contributed by atoms with van der Waals surface area (Å²) >= 11 is 6.12. The van der Waals surface area contributed by atoms with Crippen molar-refractivity contribution in [3.05, 3.63) is 28.3 Å². The summed E-state index contributed by atoms with van der Waals surface area (Å²) in [7, 11) is 0. The number of nitrogens with two attached hydrogens (primary N) is 2. The van der Waals surface area contributed by atoms with Crippen molar-refractivity contribution < 1.29 is 9.59 Å². The average molecular weight is 308 g/mol. The second-order valence-electron chi connectivity index (χ2n) is 5.83. The van der Waals surface area contributed by atoms with Gasteiger partial charge in [0.2, 0.25) is 11.8 Å². The predicted molar refractivity (Wildman–Crippen MR) is 81.4 cm³/mol. The van der Waals surface area contributed by atoms with Gasteiger partial charge in [-0.25, -0.2) is 0 Å². The van der Waals surface area contributed by atoms with Crippen molar-refractivity contribution in [1.82, 2.24) is 0 Å². The number of primary amides is 1. The Balaban J connectivity index is 1.94. The second-order valence-corrected chi connectivity index (χ2v) is 6.24. The highest BCUT2D eigenvalue weighted by Crippen LogP contribution is 2.38. The molecule has 1 aliphatic heterocycles. The van der Waals surface area contributed by atoms with Gasteiger partial charge in [0, 0.05) is 17.8 Å². The maximum atomic E-state index is 12.3. The number of fused-ring (bicyclic) bond motifs is 1. The first-order valence-corrected chi connectivity index (χ1v) is 7.55. The molecular weight excluding hydrogens is 290 g/mol. The maximum absolute atomic E-state index is 12.3. The van der Waals surface area contributed by atoms with Gasteiger partial charge in [-0.15, -0.1) is 0 Å². The first-order chi connectivity index (χ1) is 9.97. The van der Waals surface area contributed by atoms with E-state index in [-0.39, 0.29) is 23.6 Å². The quantitative estimate of drug-likeness (QED) is 0.869. The zero-order valence-electron chi connectivity index (χ0n) is 11.6. The predicted octanol–water partition coefficient (Wildman–Crippen LogP) is 1.60. The fourth-order valence-electron chi connectivity index (χ4n) is 3.30. The lowest BCUT2D eigenvalue weighted by molar-refractivity contribution is -0.118. The molecule has 0 spiro atoms. The van der Waals surface area contributed by atoms with E-state index in [2.05, 4.69) is 0 Å². The third-order valence-corrected chi connectivity index (χ3v) is 4.72. The summed E-state index contributed by atoms with van der Waals surface area (Å²) in [5.41, 5.74) is 13.1. The van der Waals surface area contributed by atoms with Gasteiger partial charge < -0.3 is 16.4 Å². The van der Waals surface area contributed by atoms with Crippen molar-refractivity contribution in [2.24, 2.45) is 11.5 Å². The molecular formula is C15H18ClN3O2. The Bertz CT molecular complexity index is 609. The summed E-state index contributed by atoms with van der Waals surface area (Å²) in [6.07, 6.45) is 3.96. The highest BCUT2D eigenvalue weighted by atomic mass is 35.5. The highest BCUT2D eigenvalue weighted by Gasteiger charge is 2.35. The van der Waals surface area contributed by atoms with Gasteiger partial charge in [0.25, 0.3) is 0 Å². The summed E-state index contributed by atoms with van der Waals surface area (Å²) in [4.78, 5) is 25.5. The summed E-state index contributed by atoms with van der Waals surface area (Å²) < 4.78 is 0. The van der Waals surface area contributed by atoms with E-state index in [1.54, 1.807) is 12.1 Å². The molecule has 1 fully saturated rings. The molecule has 0 aromatic heterocycles. The number of rotatable bonds is 2. The van der Waals surface area contributed by atoms with Gasteiger partial charge >= 0.3 is 0 Å². The van der Waals surface area contributed by atoms with Crippen LogP contribution in [0.2, 0.25) is 5.02 Å². The number of nitrogens with zero attached hydrogens (tertiary/aromatic N) is 1. The van der Waals surface area contributed by atoms with Crippen molar-refractivity contribution in [3.8, 4) is 0 Å². The summed E-state index contributed by atoms with van der Waals surface area (Å²) in [6, 6.07) is 3.75. The smallest absolute Gasteiger partial charge is 0.250 e. The molecule has 21 heavy (non-hydrogen) atoms. The molecule has 5 nitrogen and oxygen atoms in total. The van der Waals surface area contributed by atoms with Gasteiger partial charge in [0.15, 0.2) is 0 Å². The van der Waals surface area contributed by atoms with Gasteiger partial charge in [-0.3, -0.25) is 9.59 Å². The van der Waals surface area contributed by atoms with Crippen molar-refractivity contribution in [3.63, 3.8) is 0 Å². The molecule has 0 unspecified atom stereocenters. The number of carbonyl (C=O) groups excluding carboxylic acids is 2. The molecule has 0 atom stereocenters. The van der Waals surface area contributed by atoms with Gasteiger partial charge in [-0.05, 0) is 43.4 Å². The Morgan fingerprint density at radius 2 is 1.90 bits per heavy atom. The van der Waals surface area contributed by atoms with Crippen LogP contribution >= 0.6 is 11.6 Å². The van der Waals surface area contributed by atoms with Crippen LogP contribution in [0, 0.1) is 0 Å². The van der Waals surface area contributed by atoms with E-state index < -0.39 is 5.91 Å². The maximum Gasteiger partial charge on any atom is 0.250 e. The van der Waals surface area contributed by atoms with E-state index >= 15 is 0 Å². The largest absolute Gasteiger partial charge is 0.366 e. The summed E-state index contributed by atoms with van der Waals surface area (Å²) in [6.45, 7) is 0. The van der Waals surface area contributed by atoms with E-state index in [9.17, 15) is 9.59 Å². The third kappa shape index (κ3) is 2.51. The molecule has 112 valence electrons. The molecule has 1 aromatic rings. The van der Waals surface area contributed by atoms with Gasteiger partial charge in [0.1, 0.15) is 0 Å². The van der Waals surface area contributed by atoms with E-state index in [1.165, 1.54) is 0 Å². The topological polar surface area (TPSA) is 89.4 Å². The second kappa shape index (κ2) is 5.31. The zero-order valence-corrected chi connectivity index (χ0v) is 12.4. The summed E-state index contributed by atoms with van der Waals surface area (Å²) in [5.74, 6) is -0.513. The molecule has 1 aromatic carbocycles. The number of halogens is 1. The van der Waals surface area contributed by atoms with Crippen LogP contribution in [0.4, 0.5) is 5.69 Å². The SMILES string of the molecule is NC(=O)c1cc2c(cc1Cl)N(C1CCC(N)CC1)C(=O)C2. The molecule has 0 radical (unpaired) electrons. The van der Waals surface area contributed by atoms with Crippen LogP contribution < -0.4 is 16.4 Å². The number of hydrogen-bond acceptors (Lipinski definition) is 3. The zero-order chi connectivity index (χ0) is 15.1. The van der Waals surface area contributed by atoms with E-state index in [4.69, 9.17) is 23.1 Å². The molecule has 0 bridgehead atoms. The Morgan fingerprint density at radius 3 is 2.52 bits per heavy atom. The lowest BCUT2D eigenvalue weighted by Gasteiger charge is -2.34. The minimum absolute atomic E-state index is 0.0585. The van der Waals surface area contributed by atoms with Crippen LogP contribution in [-0.2, 0) is 11.2 Å². The minimum atomic E-state index is -0.572. The minimum Gasteiger partial charge on any atom is -0.366 e. The lowest BCUT2D eigenvalue weighted by atomic mass is 9.90. The van der Waals surface area contributed by atoms with Crippen LogP contribution in [0.3, 0.4) is 0 Å². The Hall–Kier alpha value is -1.59. The number of benzene rings is 1. The number of amides is 2. The van der Waals surface area contributed by atoms with E-state index in [1.807, 2.05) is 4.90 Å². The standard InChI is InChI=1S/C15H18ClN3O2/c16-12-7-13-8(5-11(12)15(18)21)6-14(20)19(13)10-3-1-9(17)2-4-10/h5,7,9-10H,1-4,6,17H2,(H2,18,21). The van der Waals surface area contributed by atoms with Crippen LogP contribution in [0.25, 0.3) is 0 Å². The fourth-order valence-corrected chi connectivity index (χ4v) is 3.56. The fraction of sp³-hybridized carbons (Fsp3) is 0.467. The Labute approximate surface area is 128 Å². The van der Waals surface area contributed by atoms with Gasteiger partial charge in [-0.1, -0.05) is 11.6 Å². The average Bonchev–Trinajstić information content (AvgIpc) is 2.74. The molecule has 1 aliphatic carbocycles. The van der Waals surface area contributed by atoms with Crippen molar-refractivity contribution in [2.45, 2.75) is 44.2 Å². The first-order valence-electron chi connectivity index (χ1n) is 7.17. The first kappa shape index (κ1) is 14.4. The Kier molecular flexibility index (Phi) is 3.63. The van der Waals surface area contributed by atoms with Crippen molar-refractivity contribution >= 4 is 29.1 Å². The molecule has 2 amide bonds. The molecule has 0 saturated heterocycles. The molecule has 1 heterocycles. The highest BCUT2D eigenvalue weighted by molar-refractivity contribution is 6.34. The monoisotopic (exact) mass is 307 g/mol. The van der Waals surface area contributed by atoms with Crippen LogP contribution in [0.1, 0.15) is 41.6 Å². The molecule has 6 heteroatoms. The molecule has 3 rings (SSSR count). The molecule has 1 saturated carbocycles. The number of hydrogen-bond donors (Lipinski definition) is 2. The third-order valence-electron chi connectivity index (χ3n) is 4.41.